The molecule has 30 heavy (non-hydrogen) atoms. The lowest BCUT2D eigenvalue weighted by Crippen LogP contribution is -2.28. The fourth-order valence-corrected chi connectivity index (χ4v) is 4.07. The van der Waals surface area contributed by atoms with E-state index in [-0.39, 0.29) is 17.7 Å². The first-order valence-electron chi connectivity index (χ1n) is 9.19. The van der Waals surface area contributed by atoms with Crippen molar-refractivity contribution in [2.24, 2.45) is 5.10 Å². The minimum absolute atomic E-state index is 0.136. The molecule has 0 bridgehead atoms. The lowest BCUT2D eigenvalue weighted by molar-refractivity contribution is -0.130. The first-order chi connectivity index (χ1) is 14.7. The summed E-state index contributed by atoms with van der Waals surface area (Å²) in [6, 6.07) is 11.0. The van der Waals surface area contributed by atoms with Crippen LogP contribution in [0.1, 0.15) is 29.7 Å². The topological polar surface area (TPSA) is 94.0 Å². The number of benzene rings is 1. The van der Waals surface area contributed by atoms with Gasteiger partial charge in [-0.05, 0) is 48.2 Å². The van der Waals surface area contributed by atoms with E-state index >= 15 is 0 Å². The zero-order valence-corrected chi connectivity index (χ0v) is 18.1. The summed E-state index contributed by atoms with van der Waals surface area (Å²) in [5.74, 6) is 2.63. The van der Waals surface area contributed by atoms with Crippen LogP contribution < -0.4 is 4.74 Å². The molecular weight excluding hydrogens is 424 g/mol. The normalized spacial score (nSPS) is 16.0. The fourth-order valence-electron chi connectivity index (χ4n) is 3.07. The number of hydrogen-bond acceptors (Lipinski definition) is 9. The maximum absolute atomic E-state index is 13.0. The molecule has 0 fully saturated rings. The molecule has 1 aromatic carbocycles. The molecule has 0 aliphatic carbocycles. The van der Waals surface area contributed by atoms with Crippen molar-refractivity contribution in [3.05, 3.63) is 59.9 Å². The van der Waals surface area contributed by atoms with Crippen LogP contribution in [0.15, 0.2) is 61.8 Å². The van der Waals surface area contributed by atoms with Crippen molar-refractivity contribution in [1.82, 2.24) is 15.2 Å². The zero-order chi connectivity index (χ0) is 20.9. The van der Waals surface area contributed by atoms with Crippen LogP contribution in [0, 0.1) is 0 Å². The summed E-state index contributed by atoms with van der Waals surface area (Å²) in [5, 5.41) is 14.4. The molecule has 1 aliphatic heterocycles. The Kier molecular flexibility index (Phi) is 6.44. The number of hydrazone groups is 1. The first kappa shape index (κ1) is 20.5. The number of methoxy groups -OCH3 is 1. The molecule has 10 heteroatoms. The van der Waals surface area contributed by atoms with E-state index in [9.17, 15) is 4.79 Å². The minimum Gasteiger partial charge on any atom is -0.497 e. The molecule has 0 spiro atoms. The van der Waals surface area contributed by atoms with E-state index in [1.807, 2.05) is 42.7 Å². The third-order valence-corrected chi connectivity index (χ3v) is 5.83. The molecule has 4 rings (SSSR count). The number of ether oxygens (including phenoxy) is 1. The Morgan fingerprint density at radius 3 is 2.80 bits per heavy atom. The maximum atomic E-state index is 13.0. The average molecular weight is 445 g/mol. The molecule has 3 aromatic rings. The van der Waals surface area contributed by atoms with Gasteiger partial charge in [0.05, 0.1) is 30.6 Å². The Morgan fingerprint density at radius 2 is 2.10 bits per heavy atom. The molecule has 0 unspecified atom stereocenters. The van der Waals surface area contributed by atoms with E-state index in [0.29, 0.717) is 29.0 Å². The third kappa shape index (κ3) is 4.54. The highest BCUT2D eigenvalue weighted by Crippen LogP contribution is 2.34. The number of rotatable bonds is 8. The molecule has 1 aliphatic rings. The van der Waals surface area contributed by atoms with Crippen LogP contribution in [0.2, 0.25) is 0 Å². The van der Waals surface area contributed by atoms with E-state index in [1.165, 1.54) is 16.8 Å². The largest absolute Gasteiger partial charge is 0.497 e. The van der Waals surface area contributed by atoms with E-state index in [4.69, 9.17) is 13.6 Å². The summed E-state index contributed by atoms with van der Waals surface area (Å²) < 4.78 is 16.3. The van der Waals surface area contributed by atoms with Gasteiger partial charge in [-0.2, -0.15) is 16.9 Å². The SMILES string of the molecule is COc1ccc(C2=NN(C(=O)CSc3nnc(CSC)o3)[C@H](c3ccco3)C2)cc1. The molecule has 0 radical (unpaired) electrons. The van der Waals surface area contributed by atoms with Crippen LogP contribution in [0.3, 0.4) is 0 Å². The van der Waals surface area contributed by atoms with Crippen molar-refractivity contribution in [3.63, 3.8) is 0 Å². The number of thioether (sulfide) groups is 2. The van der Waals surface area contributed by atoms with Gasteiger partial charge < -0.3 is 13.6 Å². The third-order valence-electron chi connectivity index (χ3n) is 4.50. The lowest BCUT2D eigenvalue weighted by Gasteiger charge is -2.19. The standard InChI is InChI=1S/C20H20N4O4S2/c1-26-14-7-5-13(6-8-14)15-10-16(17-4-3-9-27-17)24(23-15)19(25)12-30-20-22-21-18(28-20)11-29-2/h3-9,16H,10-12H2,1-2H3/t16-/m0/s1. The second kappa shape index (κ2) is 9.40. The molecule has 3 heterocycles. The predicted octanol–water partition coefficient (Wildman–Crippen LogP) is 4.00. The van der Waals surface area contributed by atoms with Crippen molar-refractivity contribution in [2.75, 3.05) is 19.1 Å². The molecule has 156 valence electrons. The van der Waals surface area contributed by atoms with Gasteiger partial charge in [0.15, 0.2) is 0 Å². The van der Waals surface area contributed by atoms with Gasteiger partial charge in [0.2, 0.25) is 5.89 Å². The summed E-state index contributed by atoms with van der Waals surface area (Å²) >= 11 is 2.80. The summed E-state index contributed by atoms with van der Waals surface area (Å²) in [4.78, 5) is 13.0. The summed E-state index contributed by atoms with van der Waals surface area (Å²) in [6.45, 7) is 0. The van der Waals surface area contributed by atoms with Crippen LogP contribution in [-0.2, 0) is 10.5 Å². The lowest BCUT2D eigenvalue weighted by atomic mass is 10.0. The maximum Gasteiger partial charge on any atom is 0.277 e. The van der Waals surface area contributed by atoms with Crippen LogP contribution in [0.4, 0.5) is 0 Å². The quantitative estimate of drug-likeness (QED) is 0.481. The molecule has 0 N–H and O–H groups in total. The molecule has 2 aromatic heterocycles. The van der Waals surface area contributed by atoms with E-state index < -0.39 is 0 Å². The van der Waals surface area contributed by atoms with Gasteiger partial charge in [0.25, 0.3) is 11.1 Å². The second-order valence-corrected chi connectivity index (χ2v) is 8.22. The van der Waals surface area contributed by atoms with E-state index in [1.54, 1.807) is 25.1 Å². The fraction of sp³-hybridized carbons (Fsp3) is 0.300. The van der Waals surface area contributed by atoms with Crippen LogP contribution >= 0.6 is 23.5 Å². The van der Waals surface area contributed by atoms with Gasteiger partial charge in [0.1, 0.15) is 17.6 Å². The molecule has 0 saturated carbocycles. The summed E-state index contributed by atoms with van der Waals surface area (Å²) in [6.07, 6.45) is 4.12. The summed E-state index contributed by atoms with van der Waals surface area (Å²) in [5.41, 5.74) is 1.76. The number of amides is 1. The number of aromatic nitrogens is 2. The van der Waals surface area contributed by atoms with Gasteiger partial charge in [-0.3, -0.25) is 4.79 Å². The number of furan rings is 1. The Balaban J connectivity index is 1.50. The number of nitrogens with zero attached hydrogens (tertiary/aromatic N) is 4. The van der Waals surface area contributed by atoms with Crippen molar-refractivity contribution < 1.29 is 18.4 Å². The monoisotopic (exact) mass is 444 g/mol. The molecule has 0 saturated heterocycles. The highest BCUT2D eigenvalue weighted by molar-refractivity contribution is 7.99. The van der Waals surface area contributed by atoms with E-state index in [0.717, 1.165) is 17.0 Å². The second-order valence-electron chi connectivity index (χ2n) is 6.43. The average Bonchev–Trinajstić information content (AvgIpc) is 3.52. The highest BCUT2D eigenvalue weighted by atomic mass is 32.2. The predicted molar refractivity (Wildman–Crippen MR) is 115 cm³/mol. The van der Waals surface area contributed by atoms with Gasteiger partial charge in [-0.1, -0.05) is 11.8 Å². The number of carbonyl (C=O) groups is 1. The van der Waals surface area contributed by atoms with Crippen LogP contribution in [0.5, 0.6) is 5.75 Å². The van der Waals surface area contributed by atoms with Gasteiger partial charge in [-0.15, -0.1) is 10.2 Å². The summed E-state index contributed by atoms with van der Waals surface area (Å²) in [7, 11) is 1.63. The number of hydrogen-bond donors (Lipinski definition) is 0. The number of carbonyl (C=O) groups excluding carboxylic acids is 1. The van der Waals surface area contributed by atoms with Crippen molar-refractivity contribution >= 4 is 35.1 Å². The molecule has 1 atom stereocenters. The molecule has 1 amide bonds. The van der Waals surface area contributed by atoms with Gasteiger partial charge in [0, 0.05) is 6.42 Å². The Morgan fingerprint density at radius 1 is 1.27 bits per heavy atom. The Labute approximate surface area is 182 Å². The van der Waals surface area contributed by atoms with Crippen molar-refractivity contribution in [1.29, 1.82) is 0 Å². The molecule has 8 nitrogen and oxygen atoms in total. The Bertz CT molecular complexity index is 1020. The minimum atomic E-state index is -0.292. The van der Waals surface area contributed by atoms with Crippen LogP contribution in [-0.4, -0.2) is 45.9 Å². The van der Waals surface area contributed by atoms with E-state index in [2.05, 4.69) is 15.3 Å². The van der Waals surface area contributed by atoms with Crippen molar-refractivity contribution in [3.8, 4) is 5.75 Å². The van der Waals surface area contributed by atoms with Crippen molar-refractivity contribution in [2.45, 2.75) is 23.4 Å². The zero-order valence-electron chi connectivity index (χ0n) is 16.5. The van der Waals surface area contributed by atoms with Crippen LogP contribution in [0.25, 0.3) is 0 Å². The van der Waals surface area contributed by atoms with Gasteiger partial charge >= 0.3 is 0 Å². The molecular formula is C20H20N4O4S2. The van der Waals surface area contributed by atoms with Gasteiger partial charge in [-0.25, -0.2) is 5.01 Å². The first-order valence-corrected chi connectivity index (χ1v) is 11.6. The Hall–Kier alpha value is -2.72. The smallest absolute Gasteiger partial charge is 0.277 e. The highest BCUT2D eigenvalue weighted by Gasteiger charge is 2.35.